The second-order valence-corrected chi connectivity index (χ2v) is 7.08. The summed E-state index contributed by atoms with van der Waals surface area (Å²) in [7, 11) is 1.54. The summed E-state index contributed by atoms with van der Waals surface area (Å²) in [6, 6.07) is 18.0. The summed E-state index contributed by atoms with van der Waals surface area (Å²) in [4.78, 5) is 25.6. The first kappa shape index (κ1) is 18.3. The van der Waals surface area contributed by atoms with E-state index in [-0.39, 0.29) is 17.6 Å². The molecule has 5 nitrogen and oxygen atoms in total. The number of hydrogen-bond acceptors (Lipinski definition) is 3. The van der Waals surface area contributed by atoms with Gasteiger partial charge in [-0.15, -0.1) is 0 Å². The maximum atomic E-state index is 12.8. The fourth-order valence-corrected chi connectivity index (χ4v) is 3.88. The minimum Gasteiger partial charge on any atom is -0.495 e. The Bertz CT molecular complexity index is 1040. The van der Waals surface area contributed by atoms with Crippen molar-refractivity contribution in [3.63, 3.8) is 0 Å². The van der Waals surface area contributed by atoms with Crippen molar-refractivity contribution in [2.24, 2.45) is 0 Å². The zero-order chi connectivity index (χ0) is 19.7. The SMILES string of the molecule is COc1ccc(NC(=O)C2CCn3c(C(=O)c4ccccc4)ccc32)cc1Cl. The second-order valence-electron chi connectivity index (χ2n) is 6.67. The molecule has 1 N–H and O–H groups in total. The highest BCUT2D eigenvalue weighted by Crippen LogP contribution is 2.33. The number of methoxy groups -OCH3 is 1. The van der Waals surface area contributed by atoms with E-state index < -0.39 is 0 Å². The van der Waals surface area contributed by atoms with Crippen LogP contribution in [0.25, 0.3) is 0 Å². The summed E-state index contributed by atoms with van der Waals surface area (Å²) < 4.78 is 7.08. The zero-order valence-corrected chi connectivity index (χ0v) is 16.1. The number of rotatable bonds is 5. The van der Waals surface area contributed by atoms with E-state index in [2.05, 4.69) is 5.32 Å². The molecule has 0 radical (unpaired) electrons. The molecule has 1 aromatic heterocycles. The number of amides is 1. The standard InChI is InChI=1S/C22H19ClN2O3/c1-28-20-10-7-15(13-17(20)23)24-22(27)16-11-12-25-18(16)8-9-19(25)21(26)14-5-3-2-4-6-14/h2-10,13,16H,11-12H2,1H3,(H,24,27). The summed E-state index contributed by atoms with van der Waals surface area (Å²) in [5, 5.41) is 3.35. The molecule has 1 aliphatic heterocycles. The second kappa shape index (κ2) is 7.52. The monoisotopic (exact) mass is 394 g/mol. The van der Waals surface area contributed by atoms with Crippen LogP contribution in [0.5, 0.6) is 5.75 Å². The van der Waals surface area contributed by atoms with Gasteiger partial charge in [0.05, 0.1) is 23.7 Å². The topological polar surface area (TPSA) is 60.3 Å². The largest absolute Gasteiger partial charge is 0.495 e. The Morgan fingerprint density at radius 1 is 1.11 bits per heavy atom. The van der Waals surface area contributed by atoms with Crippen molar-refractivity contribution in [3.8, 4) is 5.75 Å². The third-order valence-corrected chi connectivity index (χ3v) is 5.31. The summed E-state index contributed by atoms with van der Waals surface area (Å²) in [6.07, 6.45) is 0.654. The molecule has 1 aliphatic rings. The van der Waals surface area contributed by atoms with Crippen LogP contribution < -0.4 is 10.1 Å². The van der Waals surface area contributed by atoms with Gasteiger partial charge in [-0.25, -0.2) is 0 Å². The van der Waals surface area contributed by atoms with Gasteiger partial charge >= 0.3 is 0 Å². The highest BCUT2D eigenvalue weighted by molar-refractivity contribution is 6.32. The van der Waals surface area contributed by atoms with Gasteiger partial charge in [-0.3, -0.25) is 9.59 Å². The number of benzene rings is 2. The van der Waals surface area contributed by atoms with E-state index in [1.54, 1.807) is 43.5 Å². The number of nitrogens with one attached hydrogen (secondary N) is 1. The van der Waals surface area contributed by atoms with Crippen LogP contribution in [0.2, 0.25) is 5.02 Å². The van der Waals surface area contributed by atoms with E-state index >= 15 is 0 Å². The zero-order valence-electron chi connectivity index (χ0n) is 15.3. The number of hydrogen-bond donors (Lipinski definition) is 1. The quantitative estimate of drug-likeness (QED) is 0.648. The molecule has 0 aliphatic carbocycles. The first-order chi connectivity index (χ1) is 13.6. The number of ketones is 1. The lowest BCUT2D eigenvalue weighted by molar-refractivity contribution is -0.117. The highest BCUT2D eigenvalue weighted by atomic mass is 35.5. The normalized spacial score (nSPS) is 15.1. The predicted molar refractivity (Wildman–Crippen MR) is 108 cm³/mol. The number of anilines is 1. The molecule has 0 spiro atoms. The molecular weight excluding hydrogens is 376 g/mol. The smallest absolute Gasteiger partial charge is 0.233 e. The Morgan fingerprint density at radius 3 is 2.61 bits per heavy atom. The van der Waals surface area contributed by atoms with Crippen LogP contribution in [0, 0.1) is 0 Å². The first-order valence-electron chi connectivity index (χ1n) is 9.02. The van der Waals surface area contributed by atoms with Crippen LogP contribution in [0.15, 0.2) is 60.7 Å². The minimum absolute atomic E-state index is 0.0326. The van der Waals surface area contributed by atoms with E-state index in [4.69, 9.17) is 16.3 Å². The molecule has 0 saturated carbocycles. The fraction of sp³-hybridized carbons (Fsp3) is 0.182. The highest BCUT2D eigenvalue weighted by Gasteiger charge is 2.32. The number of ether oxygens (including phenoxy) is 1. The van der Waals surface area contributed by atoms with Crippen molar-refractivity contribution in [3.05, 3.63) is 82.6 Å². The van der Waals surface area contributed by atoms with Crippen molar-refractivity contribution >= 4 is 29.0 Å². The average molecular weight is 395 g/mol. The van der Waals surface area contributed by atoms with Crippen LogP contribution in [0.4, 0.5) is 5.69 Å². The van der Waals surface area contributed by atoms with E-state index in [9.17, 15) is 9.59 Å². The number of fused-ring (bicyclic) bond motifs is 1. The molecule has 0 fully saturated rings. The summed E-state index contributed by atoms with van der Waals surface area (Å²) in [5.74, 6) is 0.100. The van der Waals surface area contributed by atoms with Crippen molar-refractivity contribution in [2.75, 3.05) is 12.4 Å². The van der Waals surface area contributed by atoms with Gasteiger partial charge in [-0.2, -0.15) is 0 Å². The van der Waals surface area contributed by atoms with Crippen LogP contribution >= 0.6 is 11.6 Å². The number of carbonyl (C=O) groups is 2. The molecule has 28 heavy (non-hydrogen) atoms. The third kappa shape index (κ3) is 3.29. The molecule has 2 heterocycles. The Hall–Kier alpha value is -3.05. The van der Waals surface area contributed by atoms with Crippen molar-refractivity contribution < 1.29 is 14.3 Å². The third-order valence-electron chi connectivity index (χ3n) is 5.02. The van der Waals surface area contributed by atoms with Crippen LogP contribution in [0.3, 0.4) is 0 Å². The van der Waals surface area contributed by atoms with E-state index in [1.807, 2.05) is 28.8 Å². The summed E-state index contributed by atoms with van der Waals surface area (Å²) in [6.45, 7) is 0.637. The van der Waals surface area contributed by atoms with Crippen LogP contribution in [0.1, 0.15) is 34.1 Å². The number of nitrogens with zero attached hydrogens (tertiary/aromatic N) is 1. The molecule has 1 unspecified atom stereocenters. The summed E-state index contributed by atoms with van der Waals surface area (Å²) in [5.41, 5.74) is 2.73. The Morgan fingerprint density at radius 2 is 1.89 bits per heavy atom. The molecule has 2 aromatic carbocycles. The average Bonchev–Trinajstić information content (AvgIpc) is 3.30. The number of halogens is 1. The first-order valence-corrected chi connectivity index (χ1v) is 9.40. The van der Waals surface area contributed by atoms with Gasteiger partial charge in [0.15, 0.2) is 0 Å². The molecule has 1 atom stereocenters. The van der Waals surface area contributed by atoms with Gasteiger partial charge < -0.3 is 14.6 Å². The van der Waals surface area contributed by atoms with Crippen molar-refractivity contribution in [2.45, 2.75) is 18.9 Å². The van der Waals surface area contributed by atoms with Gasteiger partial charge in [0.2, 0.25) is 11.7 Å². The maximum absolute atomic E-state index is 12.8. The molecule has 6 heteroatoms. The van der Waals surface area contributed by atoms with Gasteiger partial charge in [0.25, 0.3) is 0 Å². The Balaban J connectivity index is 1.54. The lowest BCUT2D eigenvalue weighted by Gasteiger charge is -2.12. The van der Waals surface area contributed by atoms with Gasteiger partial charge in [0.1, 0.15) is 5.75 Å². The van der Waals surface area contributed by atoms with Crippen LogP contribution in [-0.2, 0) is 11.3 Å². The molecule has 0 bridgehead atoms. The van der Waals surface area contributed by atoms with E-state index in [0.29, 0.717) is 40.7 Å². The molecular formula is C22H19ClN2O3. The molecule has 4 rings (SSSR count). The number of carbonyl (C=O) groups excluding carboxylic acids is 2. The number of aromatic nitrogens is 1. The molecule has 0 saturated heterocycles. The van der Waals surface area contributed by atoms with E-state index in [0.717, 1.165) is 5.69 Å². The maximum Gasteiger partial charge on any atom is 0.233 e. The van der Waals surface area contributed by atoms with Gasteiger partial charge in [-0.05, 0) is 36.8 Å². The van der Waals surface area contributed by atoms with Crippen LogP contribution in [-0.4, -0.2) is 23.4 Å². The van der Waals surface area contributed by atoms with Gasteiger partial charge in [0, 0.05) is 23.5 Å². The van der Waals surface area contributed by atoms with Crippen molar-refractivity contribution in [1.29, 1.82) is 0 Å². The van der Waals surface area contributed by atoms with Gasteiger partial charge in [-0.1, -0.05) is 41.9 Å². The lowest BCUT2D eigenvalue weighted by atomic mass is 10.0. The van der Waals surface area contributed by atoms with E-state index in [1.165, 1.54) is 0 Å². The molecule has 3 aromatic rings. The lowest BCUT2D eigenvalue weighted by Crippen LogP contribution is -2.19. The molecule has 1 amide bonds. The van der Waals surface area contributed by atoms with Crippen molar-refractivity contribution in [1.82, 2.24) is 4.57 Å². The Labute approximate surface area is 167 Å². The summed E-state index contributed by atoms with van der Waals surface area (Å²) >= 11 is 6.13. The fourth-order valence-electron chi connectivity index (χ4n) is 3.62. The molecule has 142 valence electrons. The predicted octanol–water partition coefficient (Wildman–Crippen LogP) is 4.51. The Kier molecular flexibility index (Phi) is 4.92. The minimum atomic E-state index is -0.307.